The van der Waals surface area contributed by atoms with Crippen molar-refractivity contribution in [1.82, 2.24) is 0 Å². The molecule has 0 aliphatic heterocycles. The highest BCUT2D eigenvalue weighted by Gasteiger charge is 2.37. The number of hydrogen-bond donors (Lipinski definition) is 1. The highest BCUT2D eigenvalue weighted by molar-refractivity contribution is 6.74. The van der Waals surface area contributed by atoms with Crippen LogP contribution in [0.1, 0.15) is 54.9 Å². The lowest BCUT2D eigenvalue weighted by Crippen LogP contribution is -2.41. The molecule has 3 nitrogen and oxygen atoms in total. The maximum absolute atomic E-state index is 10.1. The van der Waals surface area contributed by atoms with Crippen LogP contribution in [0.4, 0.5) is 0 Å². The van der Waals surface area contributed by atoms with E-state index in [4.69, 9.17) is 8.85 Å². The van der Waals surface area contributed by atoms with Crippen molar-refractivity contribution >= 4 is 16.6 Å². The van der Waals surface area contributed by atoms with Crippen molar-refractivity contribution < 1.29 is 14.0 Å². The molecule has 152 valence electrons. The fraction of sp³-hybridized carbons (Fsp3) is 0.810. The molecule has 0 rings (SSSR count). The first-order valence-corrected chi connectivity index (χ1v) is 15.5. The quantitative estimate of drug-likeness (QED) is 0.439. The summed E-state index contributed by atoms with van der Waals surface area (Å²) >= 11 is 0. The van der Waals surface area contributed by atoms with Gasteiger partial charge in [0.1, 0.15) is 6.10 Å². The molecule has 0 heterocycles. The summed E-state index contributed by atoms with van der Waals surface area (Å²) < 4.78 is 12.2. The number of aliphatic hydroxyl groups is 1. The average molecular weight is 399 g/mol. The average Bonchev–Trinajstić information content (AvgIpc) is 2.42. The molecule has 26 heavy (non-hydrogen) atoms. The Hall–Kier alpha value is -0.386. The molecule has 5 heteroatoms. The summed E-state index contributed by atoms with van der Waals surface area (Å²) in [6.07, 6.45) is 1.91. The van der Waals surface area contributed by atoms with Crippen molar-refractivity contribution in [3.05, 3.63) is 11.6 Å². The van der Waals surface area contributed by atoms with E-state index < -0.39 is 22.7 Å². The molecule has 0 aromatic rings. The Morgan fingerprint density at radius 1 is 0.962 bits per heavy atom. The van der Waals surface area contributed by atoms with Gasteiger partial charge in [0, 0.05) is 13.0 Å². The zero-order valence-corrected chi connectivity index (χ0v) is 21.0. The maximum atomic E-state index is 10.1. The zero-order valence-electron chi connectivity index (χ0n) is 19.0. The Bertz CT molecular complexity index is 526. The predicted molar refractivity (Wildman–Crippen MR) is 118 cm³/mol. The van der Waals surface area contributed by atoms with Crippen molar-refractivity contribution in [2.75, 3.05) is 13.2 Å². The Morgan fingerprint density at radius 3 is 1.88 bits per heavy atom. The van der Waals surface area contributed by atoms with Gasteiger partial charge in [-0.15, -0.1) is 0 Å². The van der Waals surface area contributed by atoms with Crippen LogP contribution in [0.2, 0.25) is 36.3 Å². The summed E-state index contributed by atoms with van der Waals surface area (Å²) in [7, 11) is -3.47. The predicted octanol–water partition coefficient (Wildman–Crippen LogP) is 5.73. The minimum absolute atomic E-state index is 0.188. The molecule has 0 fully saturated rings. The molecule has 0 aromatic heterocycles. The fourth-order valence-corrected chi connectivity index (χ4v) is 3.55. The van der Waals surface area contributed by atoms with E-state index in [-0.39, 0.29) is 10.1 Å². The normalized spacial score (nSPS) is 15.5. The van der Waals surface area contributed by atoms with Gasteiger partial charge in [0.25, 0.3) is 0 Å². The molecule has 0 aromatic carbocycles. The first-order valence-electron chi connectivity index (χ1n) is 9.64. The van der Waals surface area contributed by atoms with E-state index in [0.717, 1.165) is 5.57 Å². The van der Waals surface area contributed by atoms with Crippen molar-refractivity contribution in [2.24, 2.45) is 0 Å². The Labute approximate surface area is 164 Å². The lowest BCUT2D eigenvalue weighted by Gasteiger charge is -2.36. The van der Waals surface area contributed by atoms with Crippen LogP contribution in [0.25, 0.3) is 0 Å². The van der Waals surface area contributed by atoms with Crippen LogP contribution in [-0.4, -0.2) is 41.1 Å². The largest absolute Gasteiger partial charge is 0.417 e. The summed E-state index contributed by atoms with van der Waals surface area (Å²) in [5.41, 5.74) is 0.938. The monoisotopic (exact) mass is 398 g/mol. The van der Waals surface area contributed by atoms with Gasteiger partial charge in [-0.2, -0.15) is 0 Å². The van der Waals surface area contributed by atoms with E-state index in [1.54, 1.807) is 0 Å². The second kappa shape index (κ2) is 9.70. The van der Waals surface area contributed by atoms with E-state index in [2.05, 4.69) is 79.6 Å². The second-order valence-electron chi connectivity index (χ2n) is 10.1. The fourth-order valence-electron chi connectivity index (χ4n) is 1.55. The van der Waals surface area contributed by atoms with Gasteiger partial charge >= 0.3 is 0 Å². The standard InChI is InChI=1S/C21H42O3Si2/c1-18(14-16-23-25(8,9)20(2,3)4)12-13-19(22)15-17-24-26(10,11)21(5,6)7/h14,19,22H,15-17H2,1-11H3/b18-14-. The third kappa shape index (κ3) is 9.01. The third-order valence-electron chi connectivity index (χ3n) is 5.74. The molecule has 0 aliphatic carbocycles. The Balaban J connectivity index is 4.44. The van der Waals surface area contributed by atoms with Gasteiger partial charge < -0.3 is 14.0 Å². The Kier molecular flexibility index (Phi) is 9.56. The van der Waals surface area contributed by atoms with Crippen molar-refractivity contribution in [1.29, 1.82) is 0 Å². The van der Waals surface area contributed by atoms with Gasteiger partial charge in [-0.25, -0.2) is 0 Å². The van der Waals surface area contributed by atoms with Gasteiger partial charge in [-0.1, -0.05) is 53.4 Å². The number of aliphatic hydroxyl groups excluding tert-OH is 1. The highest BCUT2D eigenvalue weighted by atomic mass is 28.4. The second-order valence-corrected chi connectivity index (χ2v) is 19.8. The summed E-state index contributed by atoms with van der Waals surface area (Å²) in [6.45, 7) is 25.4. The van der Waals surface area contributed by atoms with E-state index in [1.807, 2.05) is 13.0 Å². The Morgan fingerprint density at radius 2 is 1.42 bits per heavy atom. The van der Waals surface area contributed by atoms with Crippen molar-refractivity contribution in [3.8, 4) is 11.8 Å². The van der Waals surface area contributed by atoms with Crippen LogP contribution >= 0.6 is 0 Å². The number of rotatable bonds is 7. The lowest BCUT2D eigenvalue weighted by atomic mass is 10.2. The third-order valence-corrected chi connectivity index (χ3v) is 14.8. The zero-order chi connectivity index (χ0) is 20.8. The molecule has 1 unspecified atom stereocenters. The molecule has 0 aliphatic rings. The topological polar surface area (TPSA) is 38.7 Å². The summed E-state index contributed by atoms with van der Waals surface area (Å²) in [6, 6.07) is 0. The minimum atomic E-state index is -1.75. The van der Waals surface area contributed by atoms with Gasteiger partial charge in [0.2, 0.25) is 0 Å². The van der Waals surface area contributed by atoms with Gasteiger partial charge in [0.15, 0.2) is 16.6 Å². The van der Waals surface area contributed by atoms with Crippen molar-refractivity contribution in [2.45, 2.75) is 97.3 Å². The molecule has 0 radical (unpaired) electrons. The summed E-state index contributed by atoms with van der Waals surface area (Å²) in [4.78, 5) is 0. The SMILES string of the molecule is C/C(C#CC(O)CCO[Si](C)(C)C(C)(C)C)=C/CO[Si](C)(C)C(C)(C)C. The van der Waals surface area contributed by atoms with Crippen LogP contribution in [0.3, 0.4) is 0 Å². The number of allylic oxidation sites excluding steroid dienone is 1. The molecule has 0 spiro atoms. The molecule has 0 saturated heterocycles. The number of hydrogen-bond acceptors (Lipinski definition) is 3. The smallest absolute Gasteiger partial charge is 0.192 e. The van der Waals surface area contributed by atoms with Crippen molar-refractivity contribution in [3.63, 3.8) is 0 Å². The molecule has 1 atom stereocenters. The van der Waals surface area contributed by atoms with Crippen LogP contribution in [0.5, 0.6) is 0 Å². The van der Waals surface area contributed by atoms with Gasteiger partial charge in [0.05, 0.1) is 6.61 Å². The van der Waals surface area contributed by atoms with Crippen LogP contribution < -0.4 is 0 Å². The molecule has 1 N–H and O–H groups in total. The van der Waals surface area contributed by atoms with E-state index >= 15 is 0 Å². The van der Waals surface area contributed by atoms with Gasteiger partial charge in [-0.3, -0.25) is 0 Å². The molecule has 0 bridgehead atoms. The lowest BCUT2D eigenvalue weighted by molar-refractivity contribution is 0.179. The first kappa shape index (κ1) is 25.6. The van der Waals surface area contributed by atoms with E-state index in [0.29, 0.717) is 19.6 Å². The van der Waals surface area contributed by atoms with E-state index in [9.17, 15) is 5.11 Å². The molecular formula is C21H42O3Si2. The molecule has 0 amide bonds. The molecule has 0 saturated carbocycles. The maximum Gasteiger partial charge on any atom is 0.192 e. The van der Waals surface area contributed by atoms with Crippen LogP contribution in [-0.2, 0) is 8.85 Å². The molecular weight excluding hydrogens is 356 g/mol. The van der Waals surface area contributed by atoms with Crippen LogP contribution in [0, 0.1) is 11.8 Å². The highest BCUT2D eigenvalue weighted by Crippen LogP contribution is 2.37. The van der Waals surface area contributed by atoms with E-state index in [1.165, 1.54) is 0 Å². The minimum Gasteiger partial charge on any atom is -0.417 e. The first-order chi connectivity index (χ1) is 11.5. The summed E-state index contributed by atoms with van der Waals surface area (Å²) in [5, 5.41) is 10.5. The van der Waals surface area contributed by atoms with Gasteiger partial charge in [-0.05, 0) is 54.8 Å². The summed E-state index contributed by atoms with van der Waals surface area (Å²) in [5.74, 6) is 5.95. The van der Waals surface area contributed by atoms with Crippen LogP contribution in [0.15, 0.2) is 11.6 Å².